The summed E-state index contributed by atoms with van der Waals surface area (Å²) >= 11 is 0. The van der Waals surface area contributed by atoms with Gasteiger partial charge in [-0.15, -0.1) is 0 Å². The Labute approximate surface area is 114 Å². The first kappa shape index (κ1) is 14.2. The van der Waals surface area contributed by atoms with E-state index in [-0.39, 0.29) is 23.3 Å². The topological polar surface area (TPSA) is 54.5 Å². The van der Waals surface area contributed by atoms with E-state index in [0.29, 0.717) is 18.7 Å². The first-order chi connectivity index (χ1) is 8.87. The van der Waals surface area contributed by atoms with Crippen molar-refractivity contribution in [3.8, 4) is 0 Å². The molecule has 104 valence electrons. The van der Waals surface area contributed by atoms with E-state index in [9.17, 15) is 13.2 Å². The molecule has 1 aromatic rings. The van der Waals surface area contributed by atoms with Crippen molar-refractivity contribution in [2.24, 2.45) is 0 Å². The molecule has 5 heteroatoms. The molecule has 0 amide bonds. The summed E-state index contributed by atoms with van der Waals surface area (Å²) in [5, 5.41) is 0. The lowest BCUT2D eigenvalue weighted by atomic mass is 10.1. The third-order valence-corrected chi connectivity index (χ3v) is 5.29. The zero-order valence-electron chi connectivity index (χ0n) is 11.3. The fraction of sp³-hybridized carbons (Fsp3) is 0.500. The average Bonchev–Trinajstić information content (AvgIpc) is 2.32. The highest BCUT2D eigenvalue weighted by Crippen LogP contribution is 2.13. The Hall–Kier alpha value is -1.20. The van der Waals surface area contributed by atoms with Crippen molar-refractivity contribution >= 4 is 15.6 Å². The molecule has 0 aliphatic carbocycles. The van der Waals surface area contributed by atoms with Crippen LogP contribution in [0.4, 0.5) is 0 Å². The molecule has 0 spiro atoms. The maximum Gasteiger partial charge on any atom is 0.176 e. The van der Waals surface area contributed by atoms with Crippen molar-refractivity contribution in [2.45, 2.75) is 19.9 Å². The van der Waals surface area contributed by atoms with Gasteiger partial charge >= 0.3 is 0 Å². The normalized spacial score (nSPS) is 23.2. The van der Waals surface area contributed by atoms with Gasteiger partial charge in [-0.3, -0.25) is 9.69 Å². The Balaban J connectivity index is 2.04. The van der Waals surface area contributed by atoms with Crippen LogP contribution in [0.2, 0.25) is 0 Å². The maximum absolute atomic E-state index is 12.2. The Morgan fingerprint density at radius 1 is 1.42 bits per heavy atom. The number of benzene rings is 1. The van der Waals surface area contributed by atoms with Gasteiger partial charge < -0.3 is 0 Å². The standard InChI is InChI=1S/C14H19NO3S/c1-11-4-3-5-13(8-11)14(16)9-15-6-7-19(17,18)10-12(15)2/h3-5,8,12H,6-7,9-10H2,1-2H3. The fourth-order valence-electron chi connectivity index (χ4n) is 2.36. The van der Waals surface area contributed by atoms with Gasteiger partial charge in [0.05, 0.1) is 18.1 Å². The van der Waals surface area contributed by atoms with Crippen LogP contribution >= 0.6 is 0 Å². The maximum atomic E-state index is 12.2. The van der Waals surface area contributed by atoms with Gasteiger partial charge in [0.15, 0.2) is 15.6 Å². The lowest BCUT2D eigenvalue weighted by Crippen LogP contribution is -2.48. The van der Waals surface area contributed by atoms with Crippen LogP contribution < -0.4 is 0 Å². The van der Waals surface area contributed by atoms with E-state index in [1.54, 1.807) is 6.07 Å². The van der Waals surface area contributed by atoms with Gasteiger partial charge in [-0.05, 0) is 19.9 Å². The number of carbonyl (C=O) groups is 1. The predicted molar refractivity (Wildman–Crippen MR) is 75.2 cm³/mol. The summed E-state index contributed by atoms with van der Waals surface area (Å²) in [6, 6.07) is 7.40. The first-order valence-electron chi connectivity index (χ1n) is 6.42. The number of ketones is 1. The molecule has 19 heavy (non-hydrogen) atoms. The molecule has 1 aromatic carbocycles. The van der Waals surface area contributed by atoms with Crippen LogP contribution in [0, 0.1) is 6.92 Å². The number of aryl methyl sites for hydroxylation is 1. The average molecular weight is 281 g/mol. The summed E-state index contributed by atoms with van der Waals surface area (Å²) in [5.74, 6) is 0.349. The number of hydrogen-bond acceptors (Lipinski definition) is 4. The van der Waals surface area contributed by atoms with Gasteiger partial charge in [-0.25, -0.2) is 8.42 Å². The number of rotatable bonds is 3. The van der Waals surface area contributed by atoms with E-state index >= 15 is 0 Å². The summed E-state index contributed by atoms with van der Waals surface area (Å²) in [6.45, 7) is 4.55. The Bertz CT molecular complexity index is 580. The zero-order chi connectivity index (χ0) is 14.0. The van der Waals surface area contributed by atoms with E-state index in [1.165, 1.54) is 0 Å². The smallest absolute Gasteiger partial charge is 0.176 e. The summed E-state index contributed by atoms with van der Waals surface area (Å²) in [5.41, 5.74) is 1.75. The van der Waals surface area contributed by atoms with Crippen LogP contribution in [0.25, 0.3) is 0 Å². The van der Waals surface area contributed by atoms with Gasteiger partial charge in [0, 0.05) is 18.2 Å². The van der Waals surface area contributed by atoms with E-state index < -0.39 is 9.84 Å². The second kappa shape index (κ2) is 5.43. The van der Waals surface area contributed by atoms with Crippen molar-refractivity contribution in [1.29, 1.82) is 0 Å². The zero-order valence-corrected chi connectivity index (χ0v) is 12.1. The van der Waals surface area contributed by atoms with Crippen molar-refractivity contribution in [2.75, 3.05) is 24.6 Å². The molecule has 0 aromatic heterocycles. The minimum Gasteiger partial charge on any atom is -0.293 e. The molecule has 1 atom stereocenters. The lowest BCUT2D eigenvalue weighted by molar-refractivity contribution is 0.0908. The van der Waals surface area contributed by atoms with Gasteiger partial charge in [-0.1, -0.05) is 23.8 Å². The molecule has 1 saturated heterocycles. The molecule has 0 N–H and O–H groups in total. The van der Waals surface area contributed by atoms with Crippen LogP contribution in [0.1, 0.15) is 22.8 Å². The van der Waals surface area contributed by atoms with Crippen LogP contribution in [0.5, 0.6) is 0 Å². The monoisotopic (exact) mass is 281 g/mol. The van der Waals surface area contributed by atoms with E-state index in [0.717, 1.165) is 5.56 Å². The Morgan fingerprint density at radius 2 is 2.16 bits per heavy atom. The highest BCUT2D eigenvalue weighted by atomic mass is 32.2. The second-order valence-corrected chi connectivity index (χ2v) is 7.46. The molecule has 1 aliphatic rings. The molecule has 0 bridgehead atoms. The lowest BCUT2D eigenvalue weighted by Gasteiger charge is -2.32. The minimum atomic E-state index is -2.92. The third-order valence-electron chi connectivity index (χ3n) is 3.49. The molecule has 0 radical (unpaired) electrons. The van der Waals surface area contributed by atoms with Crippen LogP contribution in [0.15, 0.2) is 24.3 Å². The van der Waals surface area contributed by atoms with Crippen LogP contribution in [-0.4, -0.2) is 49.7 Å². The summed E-state index contributed by atoms with van der Waals surface area (Å²) < 4.78 is 23.0. The minimum absolute atomic E-state index is 0.0508. The predicted octanol–water partition coefficient (Wildman–Crippen LogP) is 1.30. The first-order valence-corrected chi connectivity index (χ1v) is 8.24. The molecule has 1 aliphatic heterocycles. The van der Waals surface area contributed by atoms with E-state index in [2.05, 4.69) is 0 Å². The SMILES string of the molecule is Cc1cccc(C(=O)CN2CCS(=O)(=O)CC2C)c1. The van der Waals surface area contributed by atoms with Gasteiger partial charge in [-0.2, -0.15) is 0 Å². The summed E-state index contributed by atoms with van der Waals surface area (Å²) in [6.07, 6.45) is 0. The number of carbonyl (C=O) groups excluding carboxylic acids is 1. The molecule has 2 rings (SSSR count). The highest BCUT2D eigenvalue weighted by molar-refractivity contribution is 7.91. The summed E-state index contributed by atoms with van der Waals surface area (Å²) in [7, 11) is -2.92. The number of Topliss-reactive ketones (excluding diaryl/α,β-unsaturated/α-hetero) is 1. The Kier molecular flexibility index (Phi) is 4.06. The van der Waals surface area contributed by atoms with E-state index in [4.69, 9.17) is 0 Å². The molecule has 1 heterocycles. The third kappa shape index (κ3) is 3.64. The molecule has 1 fully saturated rings. The van der Waals surface area contributed by atoms with Gasteiger partial charge in [0.1, 0.15) is 0 Å². The number of hydrogen-bond donors (Lipinski definition) is 0. The van der Waals surface area contributed by atoms with Crippen molar-refractivity contribution in [3.05, 3.63) is 35.4 Å². The van der Waals surface area contributed by atoms with Crippen molar-refractivity contribution in [1.82, 2.24) is 4.90 Å². The van der Waals surface area contributed by atoms with Crippen molar-refractivity contribution in [3.63, 3.8) is 0 Å². The van der Waals surface area contributed by atoms with Gasteiger partial charge in [0.2, 0.25) is 0 Å². The van der Waals surface area contributed by atoms with Crippen LogP contribution in [-0.2, 0) is 9.84 Å². The molecular weight excluding hydrogens is 262 g/mol. The quantitative estimate of drug-likeness (QED) is 0.784. The van der Waals surface area contributed by atoms with Gasteiger partial charge in [0.25, 0.3) is 0 Å². The summed E-state index contributed by atoms with van der Waals surface area (Å²) in [4.78, 5) is 14.1. The van der Waals surface area contributed by atoms with E-state index in [1.807, 2.05) is 36.9 Å². The fourth-order valence-corrected chi connectivity index (χ4v) is 3.99. The molecule has 0 saturated carbocycles. The van der Waals surface area contributed by atoms with Crippen molar-refractivity contribution < 1.29 is 13.2 Å². The molecule has 1 unspecified atom stereocenters. The highest BCUT2D eigenvalue weighted by Gasteiger charge is 2.29. The second-order valence-electron chi connectivity index (χ2n) is 5.23. The van der Waals surface area contributed by atoms with Crippen LogP contribution in [0.3, 0.4) is 0 Å². The number of sulfone groups is 1. The number of nitrogens with zero attached hydrogens (tertiary/aromatic N) is 1. The largest absolute Gasteiger partial charge is 0.293 e. The Morgan fingerprint density at radius 3 is 2.79 bits per heavy atom. The molecular formula is C14H19NO3S. The molecule has 4 nitrogen and oxygen atoms in total.